The molecule has 4 aliphatic carbocycles. The molecule has 4 aliphatic rings. The van der Waals surface area contributed by atoms with Crippen molar-refractivity contribution in [2.24, 2.45) is 45.3 Å². The van der Waals surface area contributed by atoms with Crippen molar-refractivity contribution in [1.82, 2.24) is 0 Å². The molecule has 0 N–H and O–H groups in total. The summed E-state index contributed by atoms with van der Waals surface area (Å²) >= 11 is 0. The molecule has 4 rings (SSSR count). The van der Waals surface area contributed by atoms with E-state index >= 15 is 0 Å². The molecule has 0 saturated heterocycles. The van der Waals surface area contributed by atoms with Crippen LogP contribution in [0.15, 0.2) is 0 Å². The largest absolute Gasteiger partial charge is 0.550 e. The first-order valence-corrected chi connectivity index (χ1v) is 21.4. The molecule has 4 saturated carbocycles. The smallest absolute Gasteiger partial charge is 0.428 e. The van der Waals surface area contributed by atoms with Gasteiger partial charge in [0.25, 0.3) is 0 Å². The van der Waals surface area contributed by atoms with Crippen LogP contribution in [-0.2, 0) is 38.5 Å². The van der Waals surface area contributed by atoms with Gasteiger partial charge in [-0.05, 0) is 148 Å². The van der Waals surface area contributed by atoms with Crippen molar-refractivity contribution in [3.8, 4) is 0 Å². The fourth-order valence-corrected chi connectivity index (χ4v) is 8.95. The molecule has 4 fully saturated rings. The molecule has 0 heterocycles. The second-order valence-electron chi connectivity index (χ2n) is 21.2. The number of ether oxygens (including phenoxy) is 4. The van der Waals surface area contributed by atoms with Gasteiger partial charge in [0.1, 0.15) is 24.4 Å². The maximum absolute atomic E-state index is 11.8. The van der Waals surface area contributed by atoms with Crippen LogP contribution in [0.3, 0.4) is 0 Å². The molecule has 0 aliphatic heterocycles. The Balaban J connectivity index is 0.000000300. The molecule has 0 bridgehead atoms. The van der Waals surface area contributed by atoms with Crippen molar-refractivity contribution in [3.05, 3.63) is 0 Å². The first kappa shape index (κ1) is 47.5. The summed E-state index contributed by atoms with van der Waals surface area (Å²) in [5.41, 5.74) is 1.07. The Bertz CT molecular complexity index is 1030. The summed E-state index contributed by atoms with van der Waals surface area (Å²) in [6, 6.07) is 0. The van der Waals surface area contributed by atoms with Crippen molar-refractivity contribution in [2.45, 2.75) is 210 Å². The summed E-state index contributed by atoms with van der Waals surface area (Å²) in [4.78, 5) is 65.0. The first-order chi connectivity index (χ1) is 25.9. The van der Waals surface area contributed by atoms with Crippen molar-refractivity contribution >= 4 is 24.6 Å². The van der Waals surface area contributed by atoms with Crippen molar-refractivity contribution in [1.29, 1.82) is 0 Å². The molecule has 12 nitrogen and oxygen atoms in total. The molecular weight excluding hydrogens is 720 g/mol. The molecule has 56 heavy (non-hydrogen) atoms. The Labute approximate surface area is 337 Å². The zero-order valence-electron chi connectivity index (χ0n) is 36.8. The summed E-state index contributed by atoms with van der Waals surface area (Å²) in [5.74, 6) is 2.51. The SMILES string of the molecule is CC(C)(C)C1CCC(OC(=O)OOC(=O)OC2CCC(C(C)(C)C)CC2)CC1.CC(C)(C)C1CCC(OC(=O)OOC(=O)OC2CCC(C(C)(C)C)CC2)CC1. The third-order valence-corrected chi connectivity index (χ3v) is 13.0. The van der Waals surface area contributed by atoms with Gasteiger partial charge in [0, 0.05) is 0 Å². The minimum Gasteiger partial charge on any atom is -0.428 e. The van der Waals surface area contributed by atoms with E-state index < -0.39 is 24.6 Å². The molecule has 0 atom stereocenters. The van der Waals surface area contributed by atoms with Crippen LogP contribution in [0, 0.1) is 45.3 Å². The van der Waals surface area contributed by atoms with Crippen LogP contribution >= 0.6 is 0 Å². The van der Waals surface area contributed by atoms with Gasteiger partial charge >= 0.3 is 24.6 Å². The van der Waals surface area contributed by atoms with E-state index in [0.717, 1.165) is 103 Å². The van der Waals surface area contributed by atoms with Crippen molar-refractivity contribution in [2.75, 3.05) is 0 Å². The predicted molar refractivity (Wildman–Crippen MR) is 211 cm³/mol. The molecule has 12 heteroatoms. The van der Waals surface area contributed by atoms with Gasteiger partial charge in [-0.15, -0.1) is 0 Å². The van der Waals surface area contributed by atoms with Crippen LogP contribution in [0.25, 0.3) is 0 Å². The molecule has 0 spiro atoms. The van der Waals surface area contributed by atoms with Crippen LogP contribution < -0.4 is 0 Å². The lowest BCUT2D eigenvalue weighted by Gasteiger charge is -2.36. The van der Waals surface area contributed by atoms with Crippen LogP contribution in [-0.4, -0.2) is 49.0 Å². The minimum atomic E-state index is -0.979. The van der Waals surface area contributed by atoms with E-state index in [0.29, 0.717) is 23.7 Å². The normalized spacial score (nSPS) is 28.9. The maximum atomic E-state index is 11.8. The van der Waals surface area contributed by atoms with Gasteiger partial charge in [-0.25, -0.2) is 0 Å². The second kappa shape index (κ2) is 20.7. The molecular formula is C44H76O12. The van der Waals surface area contributed by atoms with E-state index in [-0.39, 0.29) is 46.1 Å². The maximum Gasteiger partial charge on any atom is 0.550 e. The number of rotatable bonds is 4. The number of carbonyl (C=O) groups excluding carboxylic acids is 4. The Morgan fingerprint density at radius 3 is 0.554 bits per heavy atom. The standard InChI is InChI=1S/2C22H38O6/c2*1-21(2,3)15-7-11-17(12-8-15)25-19(23)27-28-20(24)26-18-13-9-16(10-14-18)22(4,5)6/h2*15-18H,7-14H2,1-6H3. The molecule has 0 amide bonds. The molecule has 0 aromatic rings. The van der Waals surface area contributed by atoms with Gasteiger partial charge in [-0.2, -0.15) is 38.7 Å². The number of hydrogen-bond donors (Lipinski definition) is 0. The zero-order valence-corrected chi connectivity index (χ0v) is 36.8. The van der Waals surface area contributed by atoms with Gasteiger partial charge in [0.2, 0.25) is 0 Å². The van der Waals surface area contributed by atoms with Crippen molar-refractivity contribution in [3.63, 3.8) is 0 Å². The quantitative estimate of drug-likeness (QED) is 0.116. The lowest BCUT2D eigenvalue weighted by Crippen LogP contribution is -2.31. The highest BCUT2D eigenvalue weighted by Crippen LogP contribution is 2.41. The highest BCUT2D eigenvalue weighted by molar-refractivity contribution is 5.64. The monoisotopic (exact) mass is 797 g/mol. The number of carbonyl (C=O) groups is 4. The molecule has 324 valence electrons. The fraction of sp³-hybridized carbons (Fsp3) is 0.909. The molecule has 0 radical (unpaired) electrons. The minimum absolute atomic E-state index is 0.182. The van der Waals surface area contributed by atoms with Crippen molar-refractivity contribution < 1.29 is 57.7 Å². The van der Waals surface area contributed by atoms with E-state index in [9.17, 15) is 19.2 Å². The second-order valence-corrected chi connectivity index (χ2v) is 21.2. The first-order valence-electron chi connectivity index (χ1n) is 21.4. The third-order valence-electron chi connectivity index (χ3n) is 13.0. The summed E-state index contributed by atoms with van der Waals surface area (Å²) in [6.45, 7) is 26.9. The Hall–Kier alpha value is -2.92. The van der Waals surface area contributed by atoms with Crippen LogP contribution in [0.2, 0.25) is 0 Å². The molecule has 0 unspecified atom stereocenters. The van der Waals surface area contributed by atoms with Gasteiger partial charge in [-0.1, -0.05) is 83.1 Å². The predicted octanol–water partition coefficient (Wildman–Crippen LogP) is 12.8. The topological polar surface area (TPSA) is 142 Å². The Kier molecular flexibility index (Phi) is 17.5. The molecule has 0 aromatic heterocycles. The van der Waals surface area contributed by atoms with E-state index in [1.165, 1.54) is 0 Å². The summed E-state index contributed by atoms with van der Waals surface area (Å²) in [5, 5.41) is 0. The van der Waals surface area contributed by atoms with Gasteiger partial charge in [0.15, 0.2) is 0 Å². The van der Waals surface area contributed by atoms with E-state index in [1.807, 2.05) is 0 Å². The third kappa shape index (κ3) is 16.9. The number of hydrogen-bond acceptors (Lipinski definition) is 12. The lowest BCUT2D eigenvalue weighted by atomic mass is 9.72. The summed E-state index contributed by atoms with van der Waals surface area (Å²) in [6.07, 6.45) is 9.91. The Morgan fingerprint density at radius 2 is 0.429 bits per heavy atom. The van der Waals surface area contributed by atoms with Gasteiger partial charge in [-0.3, -0.25) is 0 Å². The van der Waals surface area contributed by atoms with Gasteiger partial charge < -0.3 is 18.9 Å². The van der Waals surface area contributed by atoms with Gasteiger partial charge in [0.05, 0.1) is 0 Å². The average Bonchev–Trinajstić information content (AvgIpc) is 3.09. The summed E-state index contributed by atoms with van der Waals surface area (Å²) < 4.78 is 21.0. The van der Waals surface area contributed by atoms with E-state index in [1.54, 1.807) is 0 Å². The zero-order chi connectivity index (χ0) is 41.9. The highest BCUT2D eigenvalue weighted by Gasteiger charge is 2.35. The Morgan fingerprint density at radius 1 is 0.286 bits per heavy atom. The average molecular weight is 797 g/mol. The van der Waals surface area contributed by atoms with E-state index in [2.05, 4.69) is 103 Å². The molecule has 0 aromatic carbocycles. The summed E-state index contributed by atoms with van der Waals surface area (Å²) in [7, 11) is 0. The van der Waals surface area contributed by atoms with Crippen LogP contribution in [0.1, 0.15) is 186 Å². The van der Waals surface area contributed by atoms with Crippen LogP contribution in [0.5, 0.6) is 0 Å². The highest BCUT2D eigenvalue weighted by atomic mass is 17.3. The van der Waals surface area contributed by atoms with Crippen LogP contribution in [0.4, 0.5) is 19.2 Å². The van der Waals surface area contributed by atoms with E-state index in [4.69, 9.17) is 18.9 Å². The lowest BCUT2D eigenvalue weighted by molar-refractivity contribution is -0.227. The fourth-order valence-electron chi connectivity index (χ4n) is 8.95.